The van der Waals surface area contributed by atoms with Gasteiger partial charge in [0, 0.05) is 52.0 Å². The fourth-order valence-corrected chi connectivity index (χ4v) is 6.14. The molecule has 1 heterocycles. The summed E-state index contributed by atoms with van der Waals surface area (Å²) in [7, 11) is 0. The number of benzene rings is 3. The number of carbonyl (C=O) groups is 4. The Balaban J connectivity index is 1.55. The number of rotatable bonds is 14. The summed E-state index contributed by atoms with van der Waals surface area (Å²) in [5.74, 6) is -2.18. The molecule has 0 aliphatic carbocycles. The maximum absolute atomic E-state index is 13.7. The highest BCUT2D eigenvalue weighted by molar-refractivity contribution is 7.99. The lowest BCUT2D eigenvalue weighted by molar-refractivity contribution is -0.126. The number of hydrogen-bond donors (Lipinski definition) is 4. The summed E-state index contributed by atoms with van der Waals surface area (Å²) in [6.07, 6.45) is 1.92. The number of hydrogen-bond acceptors (Lipinski definition) is 7. The van der Waals surface area contributed by atoms with Crippen LogP contribution in [0.25, 0.3) is 10.8 Å². The van der Waals surface area contributed by atoms with E-state index in [1.54, 1.807) is 54.9 Å². The van der Waals surface area contributed by atoms with Crippen LogP contribution in [0, 0.1) is 5.92 Å². The molecule has 46 heavy (non-hydrogen) atoms. The molecule has 10 heteroatoms. The molecule has 3 aromatic carbocycles. The SMILES string of the molecule is CC(C)(C)NC(=O)c1ccccc1C[C@@H](O)[C@H](CSc1cccnc1)CC(=O)[C@H](CC(N)=O)NC(=O)c1ccc2ccccc2c1. The average molecular weight is 641 g/mol. The summed E-state index contributed by atoms with van der Waals surface area (Å²) in [6, 6.07) is 22.3. The van der Waals surface area contributed by atoms with E-state index in [4.69, 9.17) is 5.73 Å². The topological polar surface area (TPSA) is 151 Å². The predicted molar refractivity (Wildman–Crippen MR) is 180 cm³/mol. The number of aliphatic hydroxyl groups is 1. The minimum atomic E-state index is -1.18. The van der Waals surface area contributed by atoms with E-state index in [2.05, 4.69) is 15.6 Å². The zero-order chi connectivity index (χ0) is 33.3. The summed E-state index contributed by atoms with van der Waals surface area (Å²) < 4.78 is 0. The van der Waals surface area contributed by atoms with Gasteiger partial charge in [-0.05, 0) is 73.9 Å². The molecule has 0 saturated carbocycles. The van der Waals surface area contributed by atoms with Crippen molar-refractivity contribution in [2.45, 2.75) is 62.6 Å². The third-order valence-corrected chi connectivity index (χ3v) is 8.57. The number of aromatic nitrogens is 1. The number of carbonyl (C=O) groups excluding carboxylic acids is 4. The van der Waals surface area contributed by atoms with Crippen molar-refractivity contribution in [3.05, 3.63) is 108 Å². The zero-order valence-corrected chi connectivity index (χ0v) is 27.1. The van der Waals surface area contributed by atoms with Crippen molar-refractivity contribution in [3.8, 4) is 0 Å². The normalized spacial score (nSPS) is 13.4. The second-order valence-corrected chi connectivity index (χ2v) is 13.4. The molecule has 4 aromatic rings. The molecule has 0 saturated heterocycles. The first-order valence-electron chi connectivity index (χ1n) is 15.1. The number of Topliss-reactive ketones (excluding diaryl/α,β-unsaturated/α-hetero) is 1. The third kappa shape index (κ3) is 9.98. The molecule has 3 amide bonds. The van der Waals surface area contributed by atoms with Crippen LogP contribution < -0.4 is 16.4 Å². The van der Waals surface area contributed by atoms with Gasteiger partial charge in [0.1, 0.15) is 0 Å². The van der Waals surface area contributed by atoms with Gasteiger partial charge in [0.05, 0.1) is 18.6 Å². The molecule has 0 fully saturated rings. The Morgan fingerprint density at radius 1 is 0.891 bits per heavy atom. The minimum Gasteiger partial charge on any atom is -0.392 e. The number of pyridine rings is 1. The van der Waals surface area contributed by atoms with Crippen LogP contribution in [0.3, 0.4) is 0 Å². The Labute approximate surface area is 273 Å². The first kappa shape index (κ1) is 34.3. The fraction of sp³-hybridized carbons (Fsp3) is 0.306. The van der Waals surface area contributed by atoms with Gasteiger partial charge in [-0.25, -0.2) is 0 Å². The van der Waals surface area contributed by atoms with Gasteiger partial charge in [0.2, 0.25) is 5.91 Å². The van der Waals surface area contributed by atoms with E-state index < -0.39 is 41.2 Å². The van der Waals surface area contributed by atoms with Crippen molar-refractivity contribution < 1.29 is 24.3 Å². The van der Waals surface area contributed by atoms with Gasteiger partial charge in [0.25, 0.3) is 11.8 Å². The molecule has 240 valence electrons. The molecule has 3 atom stereocenters. The van der Waals surface area contributed by atoms with Gasteiger partial charge in [-0.15, -0.1) is 11.8 Å². The van der Waals surface area contributed by atoms with Crippen LogP contribution in [-0.4, -0.2) is 57.0 Å². The Morgan fingerprint density at radius 3 is 2.30 bits per heavy atom. The monoisotopic (exact) mass is 640 g/mol. The molecule has 0 radical (unpaired) electrons. The van der Waals surface area contributed by atoms with Crippen LogP contribution in [0.5, 0.6) is 0 Å². The first-order valence-corrected chi connectivity index (χ1v) is 16.1. The fourth-order valence-electron chi connectivity index (χ4n) is 5.08. The van der Waals surface area contributed by atoms with E-state index in [9.17, 15) is 24.3 Å². The smallest absolute Gasteiger partial charge is 0.251 e. The van der Waals surface area contributed by atoms with Gasteiger partial charge in [-0.3, -0.25) is 24.2 Å². The van der Waals surface area contributed by atoms with Crippen molar-refractivity contribution in [1.82, 2.24) is 15.6 Å². The Bertz CT molecular complexity index is 1690. The van der Waals surface area contributed by atoms with E-state index in [0.29, 0.717) is 22.4 Å². The highest BCUT2D eigenvalue weighted by atomic mass is 32.2. The van der Waals surface area contributed by atoms with Gasteiger partial charge in [-0.2, -0.15) is 0 Å². The summed E-state index contributed by atoms with van der Waals surface area (Å²) in [6.45, 7) is 5.67. The van der Waals surface area contributed by atoms with Crippen molar-refractivity contribution in [2.75, 3.05) is 5.75 Å². The van der Waals surface area contributed by atoms with E-state index in [1.165, 1.54) is 11.8 Å². The van der Waals surface area contributed by atoms with E-state index in [-0.39, 0.29) is 25.2 Å². The molecule has 4 rings (SSSR count). The molecule has 5 N–H and O–H groups in total. The summed E-state index contributed by atoms with van der Waals surface area (Å²) in [5, 5.41) is 19.0. The molecular weight excluding hydrogens is 600 g/mol. The maximum atomic E-state index is 13.7. The maximum Gasteiger partial charge on any atom is 0.251 e. The third-order valence-electron chi connectivity index (χ3n) is 7.40. The molecule has 0 unspecified atom stereocenters. The van der Waals surface area contributed by atoms with E-state index in [0.717, 1.165) is 15.7 Å². The van der Waals surface area contributed by atoms with Crippen molar-refractivity contribution in [1.29, 1.82) is 0 Å². The summed E-state index contributed by atoms with van der Waals surface area (Å²) in [5.41, 5.74) is 6.46. The number of ketones is 1. The highest BCUT2D eigenvalue weighted by Crippen LogP contribution is 2.27. The molecule has 9 nitrogen and oxygen atoms in total. The van der Waals surface area contributed by atoms with Crippen LogP contribution in [0.15, 0.2) is 96.2 Å². The molecular formula is C36H40N4O5S. The number of thioether (sulfide) groups is 1. The van der Waals surface area contributed by atoms with Gasteiger partial charge in [0.15, 0.2) is 5.78 Å². The number of nitrogens with one attached hydrogen (secondary N) is 2. The largest absolute Gasteiger partial charge is 0.392 e. The van der Waals surface area contributed by atoms with Crippen molar-refractivity contribution >= 4 is 46.0 Å². The quantitative estimate of drug-likeness (QED) is 0.146. The van der Waals surface area contributed by atoms with E-state index in [1.807, 2.05) is 57.2 Å². The van der Waals surface area contributed by atoms with E-state index >= 15 is 0 Å². The standard InChI is InChI=1S/C36H40N4O5S/c1-36(2,3)40-35(45)29-13-7-6-11-25(29)18-31(41)27(22-46-28-12-8-16-38-21-28)19-32(42)30(20-33(37)43)39-34(44)26-15-14-23-9-4-5-10-24(23)17-26/h4-17,21,27,30-31,41H,18-20,22H2,1-3H3,(H2,37,43)(H,39,44)(H,40,45)/t27-,30-,31+/m0/s1. The number of amides is 3. The Morgan fingerprint density at radius 2 is 1.61 bits per heavy atom. The predicted octanol–water partition coefficient (Wildman–Crippen LogP) is 4.71. The number of fused-ring (bicyclic) bond motifs is 1. The zero-order valence-electron chi connectivity index (χ0n) is 26.2. The van der Waals surface area contributed by atoms with Crippen LogP contribution in [0.2, 0.25) is 0 Å². The van der Waals surface area contributed by atoms with Crippen LogP contribution in [0.4, 0.5) is 0 Å². The van der Waals surface area contributed by atoms with Gasteiger partial charge in [-0.1, -0.05) is 48.5 Å². The number of nitrogens with zero attached hydrogens (tertiary/aromatic N) is 1. The second kappa shape index (κ2) is 15.6. The van der Waals surface area contributed by atoms with Crippen LogP contribution >= 0.6 is 11.8 Å². The highest BCUT2D eigenvalue weighted by Gasteiger charge is 2.30. The first-order chi connectivity index (χ1) is 21.9. The Kier molecular flexibility index (Phi) is 11.7. The van der Waals surface area contributed by atoms with Crippen molar-refractivity contribution in [2.24, 2.45) is 11.7 Å². The summed E-state index contributed by atoms with van der Waals surface area (Å²) >= 11 is 1.43. The minimum absolute atomic E-state index is 0.114. The lowest BCUT2D eigenvalue weighted by atomic mass is 9.89. The van der Waals surface area contributed by atoms with Crippen LogP contribution in [0.1, 0.15) is 59.9 Å². The Hall–Kier alpha value is -4.54. The van der Waals surface area contributed by atoms with Crippen molar-refractivity contribution in [3.63, 3.8) is 0 Å². The lowest BCUT2D eigenvalue weighted by Gasteiger charge is -2.26. The summed E-state index contributed by atoms with van der Waals surface area (Å²) in [4.78, 5) is 57.1. The number of primary amides is 1. The van der Waals surface area contributed by atoms with Crippen LogP contribution in [-0.2, 0) is 16.0 Å². The van der Waals surface area contributed by atoms with Gasteiger partial charge >= 0.3 is 0 Å². The lowest BCUT2D eigenvalue weighted by Crippen LogP contribution is -2.45. The number of nitrogens with two attached hydrogens (primary N) is 1. The second-order valence-electron chi connectivity index (χ2n) is 12.3. The molecule has 0 bridgehead atoms. The molecule has 0 spiro atoms. The number of aliphatic hydroxyl groups excluding tert-OH is 1. The molecule has 0 aliphatic rings. The molecule has 0 aliphatic heterocycles. The van der Waals surface area contributed by atoms with Gasteiger partial charge < -0.3 is 21.5 Å². The average Bonchev–Trinajstić information content (AvgIpc) is 3.02. The molecule has 1 aromatic heterocycles.